The van der Waals surface area contributed by atoms with Crippen LogP contribution in [0.3, 0.4) is 0 Å². The summed E-state index contributed by atoms with van der Waals surface area (Å²) in [4.78, 5) is 9.00. The van der Waals surface area contributed by atoms with Crippen LogP contribution in [0.15, 0.2) is 70.7 Å². The summed E-state index contributed by atoms with van der Waals surface area (Å²) in [7, 11) is -3.66. The fourth-order valence-corrected chi connectivity index (χ4v) is 3.03. The highest BCUT2D eigenvalue weighted by atomic mass is 32.2. The Morgan fingerprint density at radius 2 is 1.31 bits per heavy atom. The lowest BCUT2D eigenvalue weighted by atomic mass is 10.0. The van der Waals surface area contributed by atoms with Gasteiger partial charge in [-0.2, -0.15) is 18.3 Å². The number of nitrogens with zero attached hydrogens (tertiary/aromatic N) is 1. The lowest BCUT2D eigenvalue weighted by molar-refractivity contribution is -0.192. The Balaban J connectivity index is 0.000000451. The first-order valence-corrected chi connectivity index (χ1v) is 10.3. The molecular formula is C21H18F3N3O4S. The van der Waals surface area contributed by atoms with Crippen LogP contribution in [0.5, 0.6) is 0 Å². The molecule has 0 aliphatic carbocycles. The second kappa shape index (κ2) is 10.1. The van der Waals surface area contributed by atoms with E-state index in [2.05, 4.69) is 11.2 Å². The minimum atomic E-state index is -5.08. The van der Waals surface area contributed by atoms with Gasteiger partial charge in [0.1, 0.15) is 0 Å². The first-order valence-electron chi connectivity index (χ1n) is 8.78. The monoisotopic (exact) mass is 465 g/mol. The van der Waals surface area contributed by atoms with Crippen molar-refractivity contribution in [2.75, 3.05) is 0 Å². The van der Waals surface area contributed by atoms with Gasteiger partial charge < -0.3 is 10.9 Å². The minimum absolute atomic E-state index is 0.104. The highest BCUT2D eigenvalue weighted by Crippen LogP contribution is 2.19. The van der Waals surface area contributed by atoms with Crippen molar-refractivity contribution in [3.63, 3.8) is 0 Å². The van der Waals surface area contributed by atoms with E-state index in [4.69, 9.17) is 20.9 Å². The first-order chi connectivity index (χ1) is 14.9. The van der Waals surface area contributed by atoms with Gasteiger partial charge in [-0.15, -0.1) is 0 Å². The average molecular weight is 465 g/mol. The number of carbonyl (C=O) groups is 1. The van der Waals surface area contributed by atoms with Gasteiger partial charge in [-0.25, -0.2) is 18.4 Å². The van der Waals surface area contributed by atoms with Gasteiger partial charge in [0.2, 0.25) is 10.0 Å². The van der Waals surface area contributed by atoms with Gasteiger partial charge in [-0.05, 0) is 51.7 Å². The van der Waals surface area contributed by atoms with E-state index in [0.717, 1.165) is 27.5 Å². The molecule has 3 aromatic carbocycles. The zero-order chi connectivity index (χ0) is 23.9. The van der Waals surface area contributed by atoms with E-state index in [1.807, 2.05) is 42.5 Å². The Morgan fingerprint density at radius 1 is 0.875 bits per heavy atom. The van der Waals surface area contributed by atoms with Gasteiger partial charge in [0.15, 0.2) is 0 Å². The number of benzene rings is 3. The van der Waals surface area contributed by atoms with Gasteiger partial charge in [0.05, 0.1) is 11.1 Å². The number of aliphatic carboxylic acids is 1. The molecule has 0 spiro atoms. The predicted octanol–water partition coefficient (Wildman–Crippen LogP) is 3.58. The topological polar surface area (TPSA) is 136 Å². The van der Waals surface area contributed by atoms with Gasteiger partial charge in [-0.3, -0.25) is 0 Å². The van der Waals surface area contributed by atoms with E-state index in [1.165, 1.54) is 12.1 Å². The number of nitrogens with two attached hydrogens (primary N) is 2. The molecular weight excluding hydrogens is 447 g/mol. The molecule has 168 valence electrons. The SMILES string of the molecule is NN=Cc1ccc2cc(C=Cc3ccc(S(N)(=O)=O)cc3)ccc2c1.O=C(O)C(F)(F)F. The third-order valence-corrected chi connectivity index (χ3v) is 4.96. The molecule has 3 aromatic rings. The number of halogens is 3. The molecule has 7 nitrogen and oxygen atoms in total. The number of hydrogen-bond acceptors (Lipinski definition) is 5. The van der Waals surface area contributed by atoms with Crippen LogP contribution in [0, 0.1) is 0 Å². The quantitative estimate of drug-likeness (QED) is 0.234. The highest BCUT2D eigenvalue weighted by molar-refractivity contribution is 7.89. The molecule has 32 heavy (non-hydrogen) atoms. The molecule has 0 saturated heterocycles. The lowest BCUT2D eigenvalue weighted by Gasteiger charge is -2.02. The standard InChI is InChI=1S/C19H17N3O2S.C2HF3O2/c20-22-13-16-4-8-17-11-15(3-7-18(17)12-16)2-1-14-5-9-19(10-6-14)25(21,23)24;3-2(4,5)1(6)7/h1-13H,20H2,(H2,21,23,24);(H,6,7). The summed E-state index contributed by atoms with van der Waals surface area (Å²) >= 11 is 0. The van der Waals surface area contributed by atoms with Gasteiger partial charge in [0.25, 0.3) is 0 Å². The van der Waals surface area contributed by atoms with Crippen molar-refractivity contribution >= 4 is 45.1 Å². The number of fused-ring (bicyclic) bond motifs is 1. The number of hydrogen-bond donors (Lipinski definition) is 3. The van der Waals surface area contributed by atoms with E-state index in [9.17, 15) is 21.6 Å². The smallest absolute Gasteiger partial charge is 0.475 e. The van der Waals surface area contributed by atoms with Crippen LogP contribution < -0.4 is 11.0 Å². The molecule has 0 aliphatic rings. The molecule has 0 aromatic heterocycles. The van der Waals surface area contributed by atoms with Crippen LogP contribution >= 0.6 is 0 Å². The number of hydrazone groups is 1. The second-order valence-corrected chi connectivity index (χ2v) is 7.96. The Bertz CT molecular complexity index is 1270. The zero-order valence-corrected chi connectivity index (χ0v) is 17.1. The molecule has 0 unspecified atom stereocenters. The molecule has 0 bridgehead atoms. The van der Waals surface area contributed by atoms with E-state index >= 15 is 0 Å². The number of sulfonamides is 1. The molecule has 0 atom stereocenters. The van der Waals surface area contributed by atoms with E-state index < -0.39 is 22.2 Å². The molecule has 5 N–H and O–H groups in total. The summed E-state index contributed by atoms with van der Waals surface area (Å²) in [6, 6.07) is 18.5. The van der Waals surface area contributed by atoms with E-state index in [0.29, 0.717) is 0 Å². The van der Waals surface area contributed by atoms with Crippen LogP contribution in [0.25, 0.3) is 22.9 Å². The maximum Gasteiger partial charge on any atom is 0.490 e. The molecule has 0 amide bonds. The molecule has 0 saturated carbocycles. The molecule has 0 heterocycles. The fourth-order valence-electron chi connectivity index (χ4n) is 2.51. The number of primary sulfonamides is 1. The number of carboxylic acid groups (broad SMARTS) is 1. The van der Waals surface area contributed by atoms with Crippen LogP contribution in [0.1, 0.15) is 16.7 Å². The third-order valence-electron chi connectivity index (χ3n) is 4.03. The molecule has 0 radical (unpaired) electrons. The summed E-state index contributed by atoms with van der Waals surface area (Å²) in [5.41, 5.74) is 2.89. The molecule has 0 aliphatic heterocycles. The summed E-state index contributed by atoms with van der Waals surface area (Å²) in [6.07, 6.45) is 0.419. The summed E-state index contributed by atoms with van der Waals surface area (Å²) in [5, 5.41) is 18.0. The van der Waals surface area contributed by atoms with Gasteiger partial charge in [0, 0.05) is 0 Å². The number of rotatable bonds is 4. The van der Waals surface area contributed by atoms with Crippen molar-refractivity contribution in [2.45, 2.75) is 11.1 Å². The summed E-state index contributed by atoms with van der Waals surface area (Å²) in [5.74, 6) is 2.42. The Morgan fingerprint density at radius 3 is 1.78 bits per heavy atom. The van der Waals surface area contributed by atoms with Crippen LogP contribution in [-0.4, -0.2) is 31.9 Å². The van der Waals surface area contributed by atoms with Crippen molar-refractivity contribution < 1.29 is 31.5 Å². The molecule has 0 fully saturated rings. The summed E-state index contributed by atoms with van der Waals surface area (Å²) in [6.45, 7) is 0. The predicted molar refractivity (Wildman–Crippen MR) is 116 cm³/mol. The average Bonchev–Trinajstić information content (AvgIpc) is 2.72. The first kappa shape index (κ1) is 24.6. The van der Waals surface area contributed by atoms with Crippen molar-refractivity contribution in [1.82, 2.24) is 0 Å². The maximum atomic E-state index is 11.3. The maximum absolute atomic E-state index is 11.3. The van der Waals surface area contributed by atoms with Gasteiger partial charge in [-0.1, -0.05) is 48.6 Å². The Hall–Kier alpha value is -3.70. The van der Waals surface area contributed by atoms with Crippen molar-refractivity contribution in [3.05, 3.63) is 77.4 Å². The van der Waals surface area contributed by atoms with Gasteiger partial charge >= 0.3 is 12.1 Å². The van der Waals surface area contributed by atoms with Crippen molar-refractivity contribution in [2.24, 2.45) is 16.1 Å². The van der Waals surface area contributed by atoms with E-state index in [1.54, 1.807) is 18.3 Å². The largest absolute Gasteiger partial charge is 0.490 e. The van der Waals surface area contributed by atoms with Crippen LogP contribution in [0.4, 0.5) is 13.2 Å². The second-order valence-electron chi connectivity index (χ2n) is 6.39. The molecule has 3 rings (SSSR count). The van der Waals surface area contributed by atoms with Crippen molar-refractivity contribution in [3.8, 4) is 0 Å². The minimum Gasteiger partial charge on any atom is -0.475 e. The molecule has 11 heteroatoms. The summed E-state index contributed by atoms with van der Waals surface area (Å²) < 4.78 is 54.3. The van der Waals surface area contributed by atoms with Crippen LogP contribution in [0.2, 0.25) is 0 Å². The number of carboxylic acids is 1. The van der Waals surface area contributed by atoms with Crippen molar-refractivity contribution in [1.29, 1.82) is 0 Å². The van der Waals surface area contributed by atoms with Crippen LogP contribution in [-0.2, 0) is 14.8 Å². The van der Waals surface area contributed by atoms with E-state index in [-0.39, 0.29) is 4.90 Å². The normalized spacial score (nSPS) is 12.1. The Labute approximate surface area is 181 Å². The number of alkyl halides is 3. The Kier molecular flexibility index (Phi) is 7.73. The zero-order valence-electron chi connectivity index (χ0n) is 16.3. The highest BCUT2D eigenvalue weighted by Gasteiger charge is 2.38. The lowest BCUT2D eigenvalue weighted by Crippen LogP contribution is -2.21. The third kappa shape index (κ3) is 7.22. The fraction of sp³-hybridized carbons (Fsp3) is 0.0476.